The highest BCUT2D eigenvalue weighted by Crippen LogP contribution is 2.27. The molecular weight excluding hydrogens is 250 g/mol. The van der Waals surface area contributed by atoms with Crippen molar-refractivity contribution in [2.75, 3.05) is 19.8 Å². The van der Waals surface area contributed by atoms with Crippen molar-refractivity contribution in [2.24, 2.45) is 17.6 Å². The van der Waals surface area contributed by atoms with Gasteiger partial charge >= 0.3 is 0 Å². The lowest BCUT2D eigenvalue weighted by Crippen LogP contribution is -2.26. The highest BCUT2D eigenvalue weighted by Gasteiger charge is 2.17. The van der Waals surface area contributed by atoms with Crippen LogP contribution in [-0.2, 0) is 6.42 Å². The predicted molar refractivity (Wildman–Crippen MR) is 84.2 cm³/mol. The third-order valence-electron chi connectivity index (χ3n) is 4.20. The third kappa shape index (κ3) is 4.22. The van der Waals surface area contributed by atoms with E-state index in [0.29, 0.717) is 12.5 Å². The van der Waals surface area contributed by atoms with Crippen LogP contribution in [0.2, 0.25) is 0 Å². The average Bonchev–Trinajstić information content (AvgIpc) is 2.44. The Hall–Kier alpha value is -1.06. The van der Waals surface area contributed by atoms with Crippen LogP contribution in [0.4, 0.5) is 0 Å². The minimum Gasteiger partial charge on any atom is -0.493 e. The first-order valence-electron chi connectivity index (χ1n) is 7.57. The van der Waals surface area contributed by atoms with Gasteiger partial charge in [0.05, 0.1) is 6.61 Å². The highest BCUT2D eigenvalue weighted by molar-refractivity contribution is 5.43. The van der Waals surface area contributed by atoms with Crippen LogP contribution < -0.4 is 10.5 Å². The molecule has 0 saturated carbocycles. The fourth-order valence-electron chi connectivity index (χ4n) is 2.44. The summed E-state index contributed by atoms with van der Waals surface area (Å²) >= 11 is 0. The van der Waals surface area contributed by atoms with Gasteiger partial charge in [-0.25, -0.2) is 0 Å². The molecule has 0 fully saturated rings. The number of aliphatic hydroxyl groups is 1. The van der Waals surface area contributed by atoms with E-state index in [9.17, 15) is 5.11 Å². The quantitative estimate of drug-likeness (QED) is 0.769. The molecule has 0 aliphatic carbocycles. The molecule has 2 atom stereocenters. The molecule has 2 unspecified atom stereocenters. The zero-order valence-electron chi connectivity index (χ0n) is 13.3. The second kappa shape index (κ2) is 8.28. The Balaban J connectivity index is 2.84. The molecule has 0 aliphatic heterocycles. The number of nitrogens with two attached hydrogens (primary N) is 1. The highest BCUT2D eigenvalue weighted by atomic mass is 16.5. The Labute approximate surface area is 123 Å². The maximum absolute atomic E-state index is 9.34. The summed E-state index contributed by atoms with van der Waals surface area (Å²) in [5.74, 6) is 1.54. The molecule has 0 bridgehead atoms. The van der Waals surface area contributed by atoms with Crippen LogP contribution in [0.1, 0.15) is 37.0 Å². The van der Waals surface area contributed by atoms with Crippen LogP contribution in [0.25, 0.3) is 0 Å². The van der Waals surface area contributed by atoms with E-state index in [2.05, 4.69) is 39.8 Å². The summed E-state index contributed by atoms with van der Waals surface area (Å²) in [5.41, 5.74) is 9.54. The molecule has 20 heavy (non-hydrogen) atoms. The molecular formula is C17H29NO2. The van der Waals surface area contributed by atoms with Crippen molar-refractivity contribution in [1.82, 2.24) is 0 Å². The molecule has 0 amide bonds. The number of aliphatic hydroxyl groups excluding tert-OH is 1. The third-order valence-corrected chi connectivity index (χ3v) is 4.20. The van der Waals surface area contributed by atoms with Gasteiger partial charge < -0.3 is 15.6 Å². The molecule has 3 N–H and O–H groups in total. The number of hydrogen-bond acceptors (Lipinski definition) is 3. The molecule has 1 aromatic rings. The van der Waals surface area contributed by atoms with Gasteiger partial charge in [0.15, 0.2) is 0 Å². The summed E-state index contributed by atoms with van der Waals surface area (Å²) < 4.78 is 5.76. The van der Waals surface area contributed by atoms with Crippen LogP contribution in [0, 0.1) is 25.7 Å². The summed E-state index contributed by atoms with van der Waals surface area (Å²) in [6.45, 7) is 9.98. The van der Waals surface area contributed by atoms with Crippen LogP contribution in [-0.4, -0.2) is 24.9 Å². The van der Waals surface area contributed by atoms with Crippen molar-refractivity contribution < 1.29 is 9.84 Å². The van der Waals surface area contributed by atoms with Gasteiger partial charge in [0.2, 0.25) is 0 Å². The van der Waals surface area contributed by atoms with Crippen LogP contribution in [0.5, 0.6) is 5.75 Å². The predicted octanol–water partition coefficient (Wildman–Crippen LogP) is 2.84. The van der Waals surface area contributed by atoms with Crippen molar-refractivity contribution in [3.05, 3.63) is 28.8 Å². The first-order valence-corrected chi connectivity index (χ1v) is 7.57. The molecule has 3 heteroatoms. The number of rotatable bonds is 8. The standard InChI is InChI=1S/C17H29NO2/c1-5-8-20-17-7-6-15(13(3)14(17)4)9-12(2)16(10-18)11-19/h6-7,12,16,19H,5,8-11,18H2,1-4H3. The molecule has 0 saturated heterocycles. The molecule has 1 aromatic carbocycles. The molecule has 0 spiro atoms. The van der Waals surface area contributed by atoms with Gasteiger partial charge in [-0.3, -0.25) is 0 Å². The van der Waals surface area contributed by atoms with E-state index in [4.69, 9.17) is 10.5 Å². The fraction of sp³-hybridized carbons (Fsp3) is 0.647. The van der Waals surface area contributed by atoms with Gasteiger partial charge in [-0.05, 0) is 67.8 Å². The smallest absolute Gasteiger partial charge is 0.122 e. The Morgan fingerprint density at radius 3 is 2.50 bits per heavy atom. The van der Waals surface area contributed by atoms with Crippen molar-refractivity contribution in [1.29, 1.82) is 0 Å². The molecule has 0 radical (unpaired) electrons. The van der Waals surface area contributed by atoms with Crippen LogP contribution in [0.15, 0.2) is 12.1 Å². The lowest BCUT2D eigenvalue weighted by Gasteiger charge is -2.22. The second-order valence-corrected chi connectivity index (χ2v) is 5.68. The topological polar surface area (TPSA) is 55.5 Å². The Bertz CT molecular complexity index is 414. The van der Waals surface area contributed by atoms with E-state index in [1.54, 1.807) is 0 Å². The van der Waals surface area contributed by atoms with Gasteiger partial charge in [0.1, 0.15) is 5.75 Å². The van der Waals surface area contributed by atoms with Gasteiger partial charge in [-0.15, -0.1) is 0 Å². The summed E-state index contributed by atoms with van der Waals surface area (Å²) in [5, 5.41) is 9.34. The molecule has 114 valence electrons. The van der Waals surface area contributed by atoms with Gasteiger partial charge in [0, 0.05) is 6.61 Å². The van der Waals surface area contributed by atoms with Crippen molar-refractivity contribution in [2.45, 2.75) is 40.5 Å². The van der Waals surface area contributed by atoms with Crippen LogP contribution >= 0.6 is 0 Å². The number of hydrogen-bond donors (Lipinski definition) is 2. The summed E-state index contributed by atoms with van der Waals surface area (Å²) in [4.78, 5) is 0. The SMILES string of the molecule is CCCOc1ccc(CC(C)C(CN)CO)c(C)c1C. The lowest BCUT2D eigenvalue weighted by atomic mass is 9.86. The van der Waals surface area contributed by atoms with Crippen molar-refractivity contribution in [3.63, 3.8) is 0 Å². The zero-order chi connectivity index (χ0) is 15.1. The van der Waals surface area contributed by atoms with E-state index in [1.807, 2.05) is 0 Å². The zero-order valence-corrected chi connectivity index (χ0v) is 13.3. The minimum absolute atomic E-state index is 0.160. The van der Waals surface area contributed by atoms with Gasteiger partial charge in [-0.1, -0.05) is 19.9 Å². The first-order chi connectivity index (χ1) is 9.54. The monoisotopic (exact) mass is 279 g/mol. The molecule has 0 aromatic heterocycles. The lowest BCUT2D eigenvalue weighted by molar-refractivity contribution is 0.187. The Morgan fingerprint density at radius 1 is 1.25 bits per heavy atom. The normalized spacial score (nSPS) is 14.1. The Morgan fingerprint density at radius 2 is 1.95 bits per heavy atom. The average molecular weight is 279 g/mol. The fourth-order valence-corrected chi connectivity index (χ4v) is 2.44. The summed E-state index contributed by atoms with van der Waals surface area (Å²) in [6, 6.07) is 4.21. The number of benzene rings is 1. The van der Waals surface area contributed by atoms with Gasteiger partial charge in [-0.2, -0.15) is 0 Å². The second-order valence-electron chi connectivity index (χ2n) is 5.68. The van der Waals surface area contributed by atoms with Crippen LogP contribution in [0.3, 0.4) is 0 Å². The first kappa shape index (κ1) is 17.0. The maximum atomic E-state index is 9.34. The van der Waals surface area contributed by atoms with E-state index in [1.165, 1.54) is 16.7 Å². The van der Waals surface area contributed by atoms with E-state index < -0.39 is 0 Å². The maximum Gasteiger partial charge on any atom is 0.122 e. The summed E-state index contributed by atoms with van der Waals surface area (Å²) in [7, 11) is 0. The van der Waals surface area contributed by atoms with Crippen molar-refractivity contribution in [3.8, 4) is 5.75 Å². The minimum atomic E-state index is 0.160. The molecule has 1 rings (SSSR count). The molecule has 0 heterocycles. The molecule has 0 aliphatic rings. The molecule has 3 nitrogen and oxygen atoms in total. The van der Waals surface area contributed by atoms with E-state index in [-0.39, 0.29) is 12.5 Å². The van der Waals surface area contributed by atoms with E-state index >= 15 is 0 Å². The van der Waals surface area contributed by atoms with E-state index in [0.717, 1.165) is 25.2 Å². The largest absolute Gasteiger partial charge is 0.493 e. The van der Waals surface area contributed by atoms with Gasteiger partial charge in [0.25, 0.3) is 0 Å². The summed E-state index contributed by atoms with van der Waals surface area (Å²) in [6.07, 6.45) is 1.97. The number of ether oxygens (including phenoxy) is 1. The Kier molecular flexibility index (Phi) is 7.03. The van der Waals surface area contributed by atoms with Crippen molar-refractivity contribution >= 4 is 0 Å².